The summed E-state index contributed by atoms with van der Waals surface area (Å²) in [5.41, 5.74) is 1.62. The Morgan fingerprint density at radius 2 is 2.37 bits per heavy atom. The topological polar surface area (TPSA) is 80.2 Å². The standard InChI is InChI=1S/C10H15N3O3S3/c1-7(18-10-12-11-6-17-10)9(14)13(2)8-3-4-19(15,16)5-8/h6-8H,3-5H2,1-2H3/t7-,8+/m0/s1. The summed E-state index contributed by atoms with van der Waals surface area (Å²) >= 11 is 2.74. The summed E-state index contributed by atoms with van der Waals surface area (Å²) in [5, 5.41) is 7.31. The Kier molecular flexibility index (Phi) is 4.46. The van der Waals surface area contributed by atoms with Gasteiger partial charge in [0.05, 0.1) is 16.8 Å². The number of carbonyl (C=O) groups excluding carboxylic acids is 1. The first-order chi connectivity index (χ1) is 8.89. The van der Waals surface area contributed by atoms with Crippen LogP contribution in [0.25, 0.3) is 0 Å². The second-order valence-electron chi connectivity index (χ2n) is 4.47. The van der Waals surface area contributed by atoms with Crippen LogP contribution in [0.4, 0.5) is 0 Å². The molecular formula is C10H15N3O3S3. The highest BCUT2D eigenvalue weighted by Gasteiger charge is 2.34. The van der Waals surface area contributed by atoms with Gasteiger partial charge in [0.1, 0.15) is 5.51 Å². The van der Waals surface area contributed by atoms with Gasteiger partial charge < -0.3 is 4.90 Å². The minimum absolute atomic E-state index is 0.0673. The zero-order valence-electron chi connectivity index (χ0n) is 10.6. The molecule has 0 spiro atoms. The van der Waals surface area contributed by atoms with Crippen molar-refractivity contribution in [1.82, 2.24) is 15.1 Å². The Bertz CT molecular complexity index is 544. The molecule has 2 rings (SSSR count). The minimum atomic E-state index is -2.97. The fraction of sp³-hybridized carbons (Fsp3) is 0.700. The lowest BCUT2D eigenvalue weighted by Crippen LogP contribution is -2.41. The van der Waals surface area contributed by atoms with Gasteiger partial charge in [-0.15, -0.1) is 10.2 Å². The number of carbonyl (C=O) groups is 1. The highest BCUT2D eigenvalue weighted by molar-refractivity contribution is 8.02. The molecule has 0 bridgehead atoms. The average molecular weight is 321 g/mol. The third-order valence-corrected chi connectivity index (χ3v) is 6.72. The van der Waals surface area contributed by atoms with Crippen LogP contribution in [0.2, 0.25) is 0 Å². The zero-order valence-corrected chi connectivity index (χ0v) is 13.1. The monoisotopic (exact) mass is 321 g/mol. The lowest BCUT2D eigenvalue weighted by atomic mass is 10.2. The summed E-state index contributed by atoms with van der Waals surface area (Å²) < 4.78 is 23.6. The molecule has 19 heavy (non-hydrogen) atoms. The molecule has 0 aliphatic carbocycles. The summed E-state index contributed by atoms with van der Waals surface area (Å²) in [6.07, 6.45) is 0.529. The van der Waals surface area contributed by atoms with Crippen LogP contribution in [0.1, 0.15) is 13.3 Å². The van der Waals surface area contributed by atoms with E-state index in [1.807, 2.05) is 0 Å². The SMILES string of the molecule is C[C@H](Sc1nncs1)C(=O)N(C)[C@@H]1CCS(=O)(=O)C1. The Morgan fingerprint density at radius 1 is 1.63 bits per heavy atom. The number of rotatable bonds is 4. The molecule has 0 radical (unpaired) electrons. The van der Waals surface area contributed by atoms with Crippen molar-refractivity contribution in [3.05, 3.63) is 5.51 Å². The number of aromatic nitrogens is 2. The van der Waals surface area contributed by atoms with E-state index in [1.54, 1.807) is 24.4 Å². The van der Waals surface area contributed by atoms with E-state index in [0.29, 0.717) is 6.42 Å². The fourth-order valence-corrected chi connectivity index (χ4v) is 5.46. The number of hydrogen-bond acceptors (Lipinski definition) is 7. The van der Waals surface area contributed by atoms with E-state index in [9.17, 15) is 13.2 Å². The van der Waals surface area contributed by atoms with Crippen LogP contribution in [0.3, 0.4) is 0 Å². The van der Waals surface area contributed by atoms with Crippen LogP contribution in [-0.2, 0) is 14.6 Å². The van der Waals surface area contributed by atoms with Crippen LogP contribution in [0, 0.1) is 0 Å². The van der Waals surface area contributed by atoms with Crippen molar-refractivity contribution < 1.29 is 13.2 Å². The molecule has 9 heteroatoms. The van der Waals surface area contributed by atoms with Crippen molar-refractivity contribution in [2.24, 2.45) is 0 Å². The molecule has 1 fully saturated rings. The van der Waals surface area contributed by atoms with Crippen molar-refractivity contribution in [3.8, 4) is 0 Å². The molecule has 1 aliphatic rings. The van der Waals surface area contributed by atoms with Crippen LogP contribution in [0.5, 0.6) is 0 Å². The highest BCUT2D eigenvalue weighted by Crippen LogP contribution is 2.26. The maximum Gasteiger partial charge on any atom is 0.235 e. The fourth-order valence-electron chi connectivity index (χ4n) is 1.96. The quantitative estimate of drug-likeness (QED) is 0.758. The molecule has 1 aromatic heterocycles. The van der Waals surface area contributed by atoms with Gasteiger partial charge in [-0.2, -0.15) is 0 Å². The summed E-state index contributed by atoms with van der Waals surface area (Å²) in [6, 6.07) is -0.199. The normalized spacial score (nSPS) is 23.2. The summed E-state index contributed by atoms with van der Waals surface area (Å²) in [4.78, 5) is 13.8. The second-order valence-corrected chi connectivity index (χ2v) is 9.12. The van der Waals surface area contributed by atoms with Crippen LogP contribution >= 0.6 is 23.1 Å². The molecule has 0 saturated carbocycles. The Hall–Kier alpha value is -0.670. The third kappa shape index (κ3) is 3.67. The summed E-state index contributed by atoms with van der Waals surface area (Å²) in [5.74, 6) is 0.181. The van der Waals surface area contributed by atoms with Crippen molar-refractivity contribution >= 4 is 38.8 Å². The summed E-state index contributed by atoms with van der Waals surface area (Å²) in [7, 11) is -1.30. The average Bonchev–Trinajstić information content (AvgIpc) is 2.96. The highest BCUT2D eigenvalue weighted by atomic mass is 32.2. The van der Waals surface area contributed by atoms with Gasteiger partial charge in [-0.05, 0) is 13.3 Å². The molecule has 2 atom stereocenters. The first kappa shape index (κ1) is 14.7. The lowest BCUT2D eigenvalue weighted by Gasteiger charge is -2.25. The van der Waals surface area contributed by atoms with Crippen molar-refractivity contribution in [1.29, 1.82) is 0 Å². The summed E-state index contributed by atoms with van der Waals surface area (Å²) in [6.45, 7) is 1.80. The molecule has 0 unspecified atom stereocenters. The lowest BCUT2D eigenvalue weighted by molar-refractivity contribution is -0.130. The Labute approximate surface area is 120 Å². The van der Waals surface area contributed by atoms with E-state index in [1.165, 1.54) is 23.1 Å². The van der Waals surface area contributed by atoms with Crippen molar-refractivity contribution in [2.75, 3.05) is 18.6 Å². The predicted molar refractivity (Wildman–Crippen MR) is 75.1 cm³/mol. The van der Waals surface area contributed by atoms with Crippen molar-refractivity contribution in [3.63, 3.8) is 0 Å². The minimum Gasteiger partial charge on any atom is -0.341 e. The van der Waals surface area contributed by atoms with Gasteiger partial charge in [0.25, 0.3) is 0 Å². The van der Waals surface area contributed by atoms with E-state index in [-0.39, 0.29) is 28.7 Å². The van der Waals surface area contributed by atoms with Crippen molar-refractivity contribution in [2.45, 2.75) is 29.0 Å². The molecule has 0 N–H and O–H groups in total. The van der Waals surface area contributed by atoms with Gasteiger partial charge in [-0.25, -0.2) is 8.42 Å². The smallest absolute Gasteiger partial charge is 0.235 e. The molecular weight excluding hydrogens is 306 g/mol. The van der Waals surface area contributed by atoms with Gasteiger partial charge in [0.2, 0.25) is 5.91 Å². The van der Waals surface area contributed by atoms with E-state index in [0.717, 1.165) is 4.34 Å². The molecule has 106 valence electrons. The molecule has 1 amide bonds. The number of thioether (sulfide) groups is 1. The Morgan fingerprint density at radius 3 is 2.89 bits per heavy atom. The third-order valence-electron chi connectivity index (χ3n) is 3.07. The van der Waals surface area contributed by atoms with E-state index in [4.69, 9.17) is 0 Å². The first-order valence-electron chi connectivity index (χ1n) is 5.79. The number of amides is 1. The molecule has 1 aromatic rings. The van der Waals surface area contributed by atoms with Crippen LogP contribution in [0.15, 0.2) is 9.85 Å². The van der Waals surface area contributed by atoms with Crippen LogP contribution in [-0.4, -0.2) is 59.3 Å². The molecule has 1 saturated heterocycles. The van der Waals surface area contributed by atoms with E-state index >= 15 is 0 Å². The van der Waals surface area contributed by atoms with Gasteiger partial charge in [0.15, 0.2) is 14.2 Å². The van der Waals surface area contributed by atoms with Gasteiger partial charge in [0, 0.05) is 13.1 Å². The van der Waals surface area contributed by atoms with Crippen LogP contribution < -0.4 is 0 Å². The number of nitrogens with zero attached hydrogens (tertiary/aromatic N) is 3. The molecule has 2 heterocycles. The molecule has 0 aromatic carbocycles. The van der Waals surface area contributed by atoms with E-state index in [2.05, 4.69) is 10.2 Å². The maximum absolute atomic E-state index is 12.2. The van der Waals surface area contributed by atoms with Gasteiger partial charge >= 0.3 is 0 Å². The van der Waals surface area contributed by atoms with E-state index < -0.39 is 9.84 Å². The van der Waals surface area contributed by atoms with Gasteiger partial charge in [-0.3, -0.25) is 4.79 Å². The predicted octanol–water partition coefficient (Wildman–Crippen LogP) is 0.664. The molecule has 1 aliphatic heterocycles. The van der Waals surface area contributed by atoms with Gasteiger partial charge in [-0.1, -0.05) is 23.1 Å². The zero-order chi connectivity index (χ0) is 14.0. The largest absolute Gasteiger partial charge is 0.341 e. The second kappa shape index (κ2) is 5.76. The molecule has 6 nitrogen and oxygen atoms in total. The maximum atomic E-state index is 12.2. The number of sulfone groups is 1. The Balaban J connectivity index is 1.95. The number of hydrogen-bond donors (Lipinski definition) is 0. The first-order valence-corrected chi connectivity index (χ1v) is 9.37.